The third-order valence-corrected chi connectivity index (χ3v) is 2.34. The molecule has 0 aliphatic heterocycles. The smallest absolute Gasteiger partial charge is 0.317 e. The molecule has 0 aromatic rings. The quantitative estimate of drug-likeness (QED) is 0.554. The fraction of sp³-hybridized carbons (Fsp3) is 0.917. The standard InChI is InChI=1S/C12H25NO5/c1-4-5-13(7-12(15)16)6-11(14)9-18-10(2)8-17-3/h10-11,14H,4-9H2,1-3H3,(H,15,16). The fourth-order valence-corrected chi connectivity index (χ4v) is 1.65. The normalized spacial score (nSPS) is 14.7. The summed E-state index contributed by atoms with van der Waals surface area (Å²) in [5.41, 5.74) is 0. The van der Waals surface area contributed by atoms with E-state index in [1.807, 2.05) is 13.8 Å². The molecule has 0 spiro atoms. The second-order valence-corrected chi connectivity index (χ2v) is 4.38. The van der Waals surface area contributed by atoms with Crippen molar-refractivity contribution in [2.24, 2.45) is 0 Å². The number of carbonyl (C=O) groups is 1. The molecule has 0 aliphatic rings. The molecule has 0 fully saturated rings. The molecule has 0 rings (SSSR count). The number of carboxylic acids is 1. The number of rotatable bonds is 11. The predicted molar refractivity (Wildman–Crippen MR) is 67.7 cm³/mol. The molecule has 0 aromatic heterocycles. The van der Waals surface area contributed by atoms with E-state index in [9.17, 15) is 9.90 Å². The van der Waals surface area contributed by atoms with Gasteiger partial charge in [0.1, 0.15) is 0 Å². The monoisotopic (exact) mass is 263 g/mol. The van der Waals surface area contributed by atoms with Gasteiger partial charge in [0.2, 0.25) is 0 Å². The van der Waals surface area contributed by atoms with Crippen LogP contribution in [0.5, 0.6) is 0 Å². The minimum atomic E-state index is -0.885. The molecule has 0 radical (unpaired) electrons. The Labute approximate surface area is 108 Å². The number of ether oxygens (including phenoxy) is 2. The molecule has 0 saturated heterocycles. The molecule has 0 aliphatic carbocycles. The Balaban J connectivity index is 3.93. The molecule has 0 aromatic carbocycles. The summed E-state index contributed by atoms with van der Waals surface area (Å²) < 4.78 is 10.3. The zero-order valence-electron chi connectivity index (χ0n) is 11.5. The highest BCUT2D eigenvalue weighted by molar-refractivity contribution is 5.69. The summed E-state index contributed by atoms with van der Waals surface area (Å²) in [7, 11) is 1.59. The average molecular weight is 263 g/mol. The Bertz CT molecular complexity index is 225. The first-order valence-electron chi connectivity index (χ1n) is 6.22. The Morgan fingerprint density at radius 3 is 2.56 bits per heavy atom. The van der Waals surface area contributed by atoms with Gasteiger partial charge in [-0.15, -0.1) is 0 Å². The van der Waals surface area contributed by atoms with E-state index in [2.05, 4.69) is 0 Å². The molecular formula is C12H25NO5. The van der Waals surface area contributed by atoms with Crippen molar-refractivity contribution < 1.29 is 24.5 Å². The van der Waals surface area contributed by atoms with Gasteiger partial charge in [-0.2, -0.15) is 0 Å². The fourth-order valence-electron chi connectivity index (χ4n) is 1.65. The number of aliphatic hydroxyl groups is 1. The van der Waals surface area contributed by atoms with E-state index in [1.54, 1.807) is 12.0 Å². The lowest BCUT2D eigenvalue weighted by Gasteiger charge is -2.23. The van der Waals surface area contributed by atoms with Crippen LogP contribution in [0.25, 0.3) is 0 Å². The molecule has 0 saturated carbocycles. The van der Waals surface area contributed by atoms with Gasteiger partial charge >= 0.3 is 5.97 Å². The summed E-state index contributed by atoms with van der Waals surface area (Å²) in [6.07, 6.45) is 0.0833. The van der Waals surface area contributed by atoms with E-state index < -0.39 is 12.1 Å². The number of aliphatic hydroxyl groups excluding tert-OH is 1. The molecule has 6 heteroatoms. The number of carboxylic acid groups (broad SMARTS) is 1. The Hall–Kier alpha value is -0.690. The summed E-state index contributed by atoms with van der Waals surface area (Å²) in [6, 6.07) is 0. The van der Waals surface area contributed by atoms with Crippen LogP contribution in [0.15, 0.2) is 0 Å². The van der Waals surface area contributed by atoms with Crippen molar-refractivity contribution in [2.75, 3.05) is 40.0 Å². The molecule has 2 atom stereocenters. The van der Waals surface area contributed by atoms with Gasteiger partial charge in [0.25, 0.3) is 0 Å². The maximum Gasteiger partial charge on any atom is 0.317 e. The minimum Gasteiger partial charge on any atom is -0.480 e. The Morgan fingerprint density at radius 2 is 2.06 bits per heavy atom. The second kappa shape index (κ2) is 10.3. The molecule has 2 N–H and O–H groups in total. The van der Waals surface area contributed by atoms with Crippen molar-refractivity contribution in [1.82, 2.24) is 4.90 Å². The maximum atomic E-state index is 10.6. The summed E-state index contributed by atoms with van der Waals surface area (Å²) >= 11 is 0. The van der Waals surface area contributed by atoms with Crippen LogP contribution in [-0.2, 0) is 14.3 Å². The van der Waals surface area contributed by atoms with E-state index in [4.69, 9.17) is 14.6 Å². The average Bonchev–Trinajstić information content (AvgIpc) is 2.26. The molecule has 0 bridgehead atoms. The van der Waals surface area contributed by atoms with Crippen molar-refractivity contribution in [3.05, 3.63) is 0 Å². The number of hydrogen-bond donors (Lipinski definition) is 2. The predicted octanol–water partition coefficient (Wildman–Crippen LogP) is 0.195. The van der Waals surface area contributed by atoms with Gasteiger partial charge in [-0.05, 0) is 19.9 Å². The highest BCUT2D eigenvalue weighted by Crippen LogP contribution is 1.99. The third kappa shape index (κ3) is 9.35. The molecule has 0 heterocycles. The highest BCUT2D eigenvalue weighted by atomic mass is 16.5. The lowest BCUT2D eigenvalue weighted by molar-refractivity contribution is -0.138. The van der Waals surface area contributed by atoms with E-state index >= 15 is 0 Å². The summed E-state index contributed by atoms with van der Waals surface area (Å²) in [5, 5.41) is 18.5. The summed E-state index contributed by atoms with van der Waals surface area (Å²) in [4.78, 5) is 12.4. The lowest BCUT2D eigenvalue weighted by Crippen LogP contribution is -2.39. The number of nitrogens with zero attached hydrogens (tertiary/aromatic N) is 1. The van der Waals surface area contributed by atoms with E-state index in [-0.39, 0.29) is 19.3 Å². The van der Waals surface area contributed by atoms with E-state index in [0.717, 1.165) is 6.42 Å². The Kier molecular flexibility index (Phi) is 9.86. The van der Waals surface area contributed by atoms with Gasteiger partial charge < -0.3 is 19.7 Å². The van der Waals surface area contributed by atoms with Crippen LogP contribution in [0, 0.1) is 0 Å². The molecular weight excluding hydrogens is 238 g/mol. The van der Waals surface area contributed by atoms with Crippen LogP contribution in [0.2, 0.25) is 0 Å². The van der Waals surface area contributed by atoms with Crippen LogP contribution >= 0.6 is 0 Å². The second-order valence-electron chi connectivity index (χ2n) is 4.38. The topological polar surface area (TPSA) is 79.2 Å². The van der Waals surface area contributed by atoms with E-state index in [0.29, 0.717) is 19.7 Å². The third-order valence-electron chi connectivity index (χ3n) is 2.34. The number of hydrogen-bond acceptors (Lipinski definition) is 5. The molecule has 6 nitrogen and oxygen atoms in total. The largest absolute Gasteiger partial charge is 0.480 e. The van der Waals surface area contributed by atoms with Crippen molar-refractivity contribution in [3.63, 3.8) is 0 Å². The lowest BCUT2D eigenvalue weighted by atomic mass is 10.3. The molecule has 2 unspecified atom stereocenters. The highest BCUT2D eigenvalue weighted by Gasteiger charge is 2.15. The van der Waals surface area contributed by atoms with Crippen molar-refractivity contribution in [1.29, 1.82) is 0 Å². The van der Waals surface area contributed by atoms with Crippen molar-refractivity contribution in [2.45, 2.75) is 32.5 Å². The van der Waals surface area contributed by atoms with Gasteiger partial charge in [-0.1, -0.05) is 6.92 Å². The van der Waals surface area contributed by atoms with Gasteiger partial charge in [0.05, 0.1) is 32.0 Å². The molecule has 108 valence electrons. The summed E-state index contributed by atoms with van der Waals surface area (Å²) in [6.45, 7) is 5.38. The van der Waals surface area contributed by atoms with Crippen LogP contribution < -0.4 is 0 Å². The Morgan fingerprint density at radius 1 is 1.39 bits per heavy atom. The van der Waals surface area contributed by atoms with Crippen molar-refractivity contribution in [3.8, 4) is 0 Å². The van der Waals surface area contributed by atoms with Crippen LogP contribution in [0.4, 0.5) is 0 Å². The van der Waals surface area contributed by atoms with Gasteiger partial charge in [0.15, 0.2) is 0 Å². The zero-order chi connectivity index (χ0) is 14.0. The van der Waals surface area contributed by atoms with Gasteiger partial charge in [0, 0.05) is 13.7 Å². The zero-order valence-corrected chi connectivity index (χ0v) is 11.5. The van der Waals surface area contributed by atoms with Crippen LogP contribution in [0.3, 0.4) is 0 Å². The SMILES string of the molecule is CCCN(CC(=O)O)CC(O)COC(C)COC. The first-order valence-corrected chi connectivity index (χ1v) is 6.22. The van der Waals surface area contributed by atoms with Crippen LogP contribution in [-0.4, -0.2) is 73.2 Å². The molecule has 0 amide bonds. The number of aliphatic carboxylic acids is 1. The molecule has 18 heavy (non-hydrogen) atoms. The van der Waals surface area contributed by atoms with Crippen molar-refractivity contribution >= 4 is 5.97 Å². The summed E-state index contributed by atoms with van der Waals surface area (Å²) in [5.74, 6) is -0.885. The first-order chi connectivity index (χ1) is 8.49. The minimum absolute atomic E-state index is 0.0570. The van der Waals surface area contributed by atoms with Crippen LogP contribution in [0.1, 0.15) is 20.3 Å². The van der Waals surface area contributed by atoms with Gasteiger partial charge in [-0.3, -0.25) is 9.69 Å². The first kappa shape index (κ1) is 17.3. The maximum absolute atomic E-state index is 10.6. The van der Waals surface area contributed by atoms with Gasteiger partial charge in [-0.25, -0.2) is 0 Å². The number of methoxy groups -OCH3 is 1. The van der Waals surface area contributed by atoms with E-state index in [1.165, 1.54) is 0 Å².